The van der Waals surface area contributed by atoms with Gasteiger partial charge in [0, 0.05) is 19.1 Å². The Hall–Kier alpha value is -2.74. The summed E-state index contributed by atoms with van der Waals surface area (Å²) in [5.74, 6) is -2.28. The molecule has 318 valence electrons. The van der Waals surface area contributed by atoms with Crippen LogP contribution in [0.4, 0.5) is 4.79 Å². The Morgan fingerprint density at radius 2 is 1.41 bits per heavy atom. The Bertz CT molecular complexity index is 1530. The predicted octanol–water partition coefficient (Wildman–Crippen LogP) is 4.62. The number of Topliss-reactive ketones (excluding diaryl/α,β-unsaturated/α-hetero) is 1. The van der Waals surface area contributed by atoms with Crippen LogP contribution in [0.2, 0.25) is 0 Å². The number of nitrogens with one attached hydrogen (secondary N) is 4. The lowest BCUT2D eigenvalue weighted by molar-refractivity contribution is -0.144. The molecule has 2 aliphatic heterocycles. The average Bonchev–Trinajstić information content (AvgIpc) is 3.99. The van der Waals surface area contributed by atoms with Gasteiger partial charge < -0.3 is 31.1 Å². The minimum atomic E-state index is -3.67. The lowest BCUT2D eigenvalue weighted by atomic mass is 9.83. The number of fused-ring (bicyclic) bond motifs is 3. The highest BCUT2D eigenvalue weighted by molar-refractivity contribution is 7.92. The molecule has 56 heavy (non-hydrogen) atoms. The number of carbonyl (C=O) groups is 5. The molecular weight excluding hydrogens is 733 g/mol. The van der Waals surface area contributed by atoms with E-state index in [-0.39, 0.29) is 35.0 Å². The summed E-state index contributed by atoms with van der Waals surface area (Å²) in [6.07, 6.45) is 13.3. The van der Waals surface area contributed by atoms with Gasteiger partial charge in [-0.1, -0.05) is 98.3 Å². The van der Waals surface area contributed by atoms with E-state index in [1.54, 1.807) is 18.7 Å². The fourth-order valence-electron chi connectivity index (χ4n) is 9.81. The van der Waals surface area contributed by atoms with Crippen molar-refractivity contribution >= 4 is 39.4 Å². The van der Waals surface area contributed by atoms with Crippen LogP contribution in [0.25, 0.3) is 0 Å². The number of sulfone groups is 1. The van der Waals surface area contributed by atoms with Crippen LogP contribution in [-0.2, 0) is 29.0 Å². The standard InChI is InChI=1S/C42H72N6O7S/c1-7-47(8-2)27-40(3,4)56(54,55)28-42(24-18-15-19-25-42)46-39(53)45-32-21-17-14-12-10-9-11-13-16-20-31(35(49)37(51)43-29-22-23-29)44-36(50)34-33-30(41(33,5)6)26-48(34)38(32)52/h29-34H,7-28H2,1-6H3,(H,43,51)(H,44,50)(H2,45,46,53)/t30-,31+,32+,33-,34-/m0/s1. The molecule has 2 heterocycles. The number of urea groups is 1. The highest BCUT2D eigenvalue weighted by Gasteiger charge is 2.69. The number of carbonyl (C=O) groups excluding carboxylic acids is 5. The molecule has 0 aromatic carbocycles. The smallest absolute Gasteiger partial charge is 0.315 e. The molecule has 0 radical (unpaired) electrons. The monoisotopic (exact) mass is 805 g/mol. The summed E-state index contributed by atoms with van der Waals surface area (Å²) in [5.41, 5.74) is -1.14. The van der Waals surface area contributed by atoms with Crippen molar-refractivity contribution in [3.05, 3.63) is 0 Å². The zero-order chi connectivity index (χ0) is 40.9. The first-order valence-electron chi connectivity index (χ1n) is 21.9. The summed E-state index contributed by atoms with van der Waals surface area (Å²) in [4.78, 5) is 73.1. The maximum absolute atomic E-state index is 14.6. The Balaban J connectivity index is 1.36. The summed E-state index contributed by atoms with van der Waals surface area (Å²) >= 11 is 0. The Labute approximate surface area is 336 Å². The molecule has 0 unspecified atom stereocenters. The minimum absolute atomic E-state index is 0.0108. The number of hydrogen-bond acceptors (Lipinski definition) is 8. The van der Waals surface area contributed by atoms with Crippen molar-refractivity contribution in [3.8, 4) is 0 Å². The van der Waals surface area contributed by atoms with Crippen LogP contribution >= 0.6 is 0 Å². The number of ketones is 1. The van der Waals surface area contributed by atoms with E-state index in [9.17, 15) is 32.4 Å². The lowest BCUT2D eigenvalue weighted by Crippen LogP contribution is -2.62. The topological polar surface area (TPSA) is 174 Å². The van der Waals surface area contributed by atoms with E-state index in [1.165, 1.54) is 0 Å². The van der Waals surface area contributed by atoms with Gasteiger partial charge in [0.15, 0.2) is 9.84 Å². The Morgan fingerprint density at radius 1 is 0.839 bits per heavy atom. The second-order valence-corrected chi connectivity index (χ2v) is 21.6. The predicted molar refractivity (Wildman–Crippen MR) is 217 cm³/mol. The van der Waals surface area contributed by atoms with Crippen LogP contribution in [-0.4, -0.2) is 114 Å². The van der Waals surface area contributed by atoms with Gasteiger partial charge in [-0.15, -0.1) is 0 Å². The maximum atomic E-state index is 14.6. The number of piperidine rings is 1. The molecule has 3 saturated carbocycles. The molecular formula is C42H72N6O7S. The van der Waals surface area contributed by atoms with Crippen molar-refractivity contribution in [2.24, 2.45) is 17.3 Å². The van der Waals surface area contributed by atoms with Gasteiger partial charge in [0.1, 0.15) is 12.1 Å². The molecule has 3 aliphatic carbocycles. The van der Waals surface area contributed by atoms with E-state index in [4.69, 9.17) is 0 Å². The van der Waals surface area contributed by atoms with E-state index in [0.29, 0.717) is 51.6 Å². The third kappa shape index (κ3) is 10.7. The van der Waals surface area contributed by atoms with E-state index < -0.39 is 61.9 Å². The molecule has 14 heteroatoms. The summed E-state index contributed by atoms with van der Waals surface area (Å²) in [7, 11) is -3.67. The molecule has 5 aliphatic rings. The maximum Gasteiger partial charge on any atom is 0.315 e. The fraction of sp³-hybridized carbons (Fsp3) is 0.881. The summed E-state index contributed by atoms with van der Waals surface area (Å²) < 4.78 is 27.2. The SMILES string of the molecule is CCN(CC)CC(C)(C)S(=O)(=O)CC1(NC(=O)N[C@@H]2CCCCCCCCCC[C@H](C(=O)C(=O)NC3CC3)NC(=O)[C@@H]3[C@@H]4[C@H](CN3C2=O)C4(C)C)CCCCC1. The van der Waals surface area contributed by atoms with Gasteiger partial charge in [-0.3, -0.25) is 19.2 Å². The average molecular weight is 805 g/mol. The quantitative estimate of drug-likeness (QED) is 0.207. The highest BCUT2D eigenvalue weighted by atomic mass is 32.2. The molecule has 5 fully saturated rings. The summed E-state index contributed by atoms with van der Waals surface area (Å²) in [6, 6.07) is -3.29. The normalized spacial score (nSPS) is 29.0. The van der Waals surface area contributed by atoms with Crippen LogP contribution in [0.15, 0.2) is 0 Å². The molecule has 0 aromatic rings. The third-order valence-electron chi connectivity index (χ3n) is 13.9. The number of hydrogen-bond donors (Lipinski definition) is 4. The molecule has 5 amide bonds. The largest absolute Gasteiger partial charge is 0.347 e. The van der Waals surface area contributed by atoms with Crippen molar-refractivity contribution < 1.29 is 32.4 Å². The van der Waals surface area contributed by atoms with Crippen molar-refractivity contribution in [3.63, 3.8) is 0 Å². The van der Waals surface area contributed by atoms with E-state index >= 15 is 0 Å². The van der Waals surface area contributed by atoms with Crippen LogP contribution in [0.3, 0.4) is 0 Å². The zero-order valence-electron chi connectivity index (χ0n) is 35.2. The first-order valence-corrected chi connectivity index (χ1v) is 23.6. The molecule has 13 nitrogen and oxygen atoms in total. The number of rotatable bonds is 12. The third-order valence-corrected chi connectivity index (χ3v) is 16.6. The molecule has 4 N–H and O–H groups in total. The second kappa shape index (κ2) is 18.5. The molecule has 5 rings (SSSR count). The second-order valence-electron chi connectivity index (χ2n) is 18.9. The van der Waals surface area contributed by atoms with Crippen LogP contribution in [0.1, 0.15) is 151 Å². The van der Waals surface area contributed by atoms with Crippen LogP contribution in [0.5, 0.6) is 0 Å². The van der Waals surface area contributed by atoms with Gasteiger partial charge in [-0.05, 0) is 82.7 Å². The van der Waals surface area contributed by atoms with E-state index in [1.807, 2.05) is 13.8 Å². The van der Waals surface area contributed by atoms with E-state index in [2.05, 4.69) is 40.0 Å². The first kappa shape index (κ1) is 44.4. The van der Waals surface area contributed by atoms with Gasteiger partial charge in [0.25, 0.3) is 5.91 Å². The van der Waals surface area contributed by atoms with Crippen molar-refractivity contribution in [2.45, 2.75) is 185 Å². The fourth-order valence-corrected chi connectivity index (χ4v) is 11.7. The summed E-state index contributed by atoms with van der Waals surface area (Å²) in [5, 5.41) is 11.8. The number of nitrogens with zero attached hydrogens (tertiary/aromatic N) is 2. The Kier molecular flexibility index (Phi) is 14.6. The molecule has 0 aromatic heterocycles. The zero-order valence-corrected chi connectivity index (χ0v) is 36.0. The summed E-state index contributed by atoms with van der Waals surface area (Å²) in [6.45, 7) is 14.0. The molecule has 0 spiro atoms. The van der Waals surface area contributed by atoms with Gasteiger partial charge in [-0.25, -0.2) is 13.2 Å². The number of amides is 5. The highest BCUT2D eigenvalue weighted by Crippen LogP contribution is 2.65. The molecule has 5 atom stereocenters. The molecule has 0 bridgehead atoms. The molecule has 2 saturated heterocycles. The minimum Gasteiger partial charge on any atom is -0.347 e. The Morgan fingerprint density at radius 3 is 2.00 bits per heavy atom. The van der Waals surface area contributed by atoms with Crippen LogP contribution < -0.4 is 21.3 Å². The lowest BCUT2D eigenvalue weighted by Gasteiger charge is -2.41. The first-order chi connectivity index (χ1) is 26.4. The van der Waals surface area contributed by atoms with Gasteiger partial charge in [0.2, 0.25) is 17.6 Å². The van der Waals surface area contributed by atoms with Gasteiger partial charge >= 0.3 is 6.03 Å². The van der Waals surface area contributed by atoms with Crippen molar-refractivity contribution in [1.82, 2.24) is 31.1 Å². The van der Waals surface area contributed by atoms with Crippen molar-refractivity contribution in [2.75, 3.05) is 31.9 Å². The van der Waals surface area contributed by atoms with Crippen LogP contribution in [0, 0.1) is 17.3 Å². The van der Waals surface area contributed by atoms with Gasteiger partial charge in [-0.2, -0.15) is 0 Å². The van der Waals surface area contributed by atoms with Gasteiger partial charge in [0.05, 0.1) is 22.1 Å². The van der Waals surface area contributed by atoms with E-state index in [0.717, 1.165) is 83.7 Å². The van der Waals surface area contributed by atoms with Crippen molar-refractivity contribution in [1.29, 1.82) is 0 Å².